The third-order valence-corrected chi connectivity index (χ3v) is 3.45. The van der Waals surface area contributed by atoms with Gasteiger partial charge in [0, 0.05) is 27.9 Å². The average Bonchev–Trinajstić information content (AvgIpc) is 2.51. The van der Waals surface area contributed by atoms with E-state index in [4.69, 9.17) is 23.7 Å². The van der Waals surface area contributed by atoms with Crippen molar-refractivity contribution in [2.45, 2.75) is 57.9 Å². The number of methoxy groups -OCH3 is 1. The van der Waals surface area contributed by atoms with Gasteiger partial charge < -0.3 is 23.7 Å². The highest BCUT2D eigenvalue weighted by molar-refractivity contribution is 7.78. The van der Waals surface area contributed by atoms with Crippen molar-refractivity contribution in [2.24, 2.45) is 4.99 Å². The molecule has 25 heavy (non-hydrogen) atoms. The lowest BCUT2D eigenvalue weighted by atomic mass is 9.96. The molecule has 1 heterocycles. The van der Waals surface area contributed by atoms with Gasteiger partial charge in [-0.3, -0.25) is 14.4 Å². The number of aliphatic imine (C=N–C) groups is 1. The van der Waals surface area contributed by atoms with E-state index in [0.29, 0.717) is 6.42 Å². The van der Waals surface area contributed by atoms with Crippen LogP contribution in [0.2, 0.25) is 0 Å². The number of rotatable bonds is 7. The molecule has 0 bridgehead atoms. The van der Waals surface area contributed by atoms with Crippen LogP contribution < -0.4 is 0 Å². The molecule has 1 saturated heterocycles. The Labute approximate surface area is 150 Å². The van der Waals surface area contributed by atoms with Gasteiger partial charge in [-0.1, -0.05) is 0 Å². The number of hydrogen-bond donors (Lipinski definition) is 0. The number of ether oxygens (including phenoxy) is 5. The molecule has 0 unspecified atom stereocenters. The summed E-state index contributed by atoms with van der Waals surface area (Å²) in [6.45, 7) is 3.85. The lowest BCUT2D eigenvalue weighted by Crippen LogP contribution is -2.61. The third-order valence-electron chi connectivity index (χ3n) is 3.32. The van der Waals surface area contributed by atoms with Crippen LogP contribution in [-0.4, -0.2) is 67.4 Å². The fourth-order valence-corrected chi connectivity index (χ4v) is 2.61. The van der Waals surface area contributed by atoms with Gasteiger partial charge >= 0.3 is 17.9 Å². The van der Waals surface area contributed by atoms with Crippen molar-refractivity contribution in [3.8, 4) is 0 Å². The van der Waals surface area contributed by atoms with E-state index in [1.807, 2.05) is 0 Å². The lowest BCUT2D eigenvalue weighted by molar-refractivity contribution is -0.298. The maximum atomic E-state index is 11.5. The molecule has 0 aromatic carbocycles. The smallest absolute Gasteiger partial charge is 0.303 e. The van der Waals surface area contributed by atoms with Crippen molar-refractivity contribution in [3.63, 3.8) is 0 Å². The van der Waals surface area contributed by atoms with Gasteiger partial charge in [0.2, 0.25) is 0 Å². The molecule has 0 N–H and O–H groups in total. The molecule has 0 aromatic heterocycles. The maximum absolute atomic E-state index is 11.5. The number of thiocarbonyl (C=S) groups is 1. The summed E-state index contributed by atoms with van der Waals surface area (Å²) in [5.41, 5.74) is 0. The lowest BCUT2D eigenvalue weighted by Gasteiger charge is -2.43. The van der Waals surface area contributed by atoms with Gasteiger partial charge in [-0.2, -0.15) is 0 Å². The number of nitrogens with zero attached hydrogens (tertiary/aromatic N) is 1. The normalized spacial score (nSPS) is 28.4. The summed E-state index contributed by atoms with van der Waals surface area (Å²) in [7, 11) is 1.35. The molecule has 0 aliphatic carbocycles. The van der Waals surface area contributed by atoms with Crippen LogP contribution in [0.1, 0.15) is 27.2 Å². The molecule has 5 atom stereocenters. The zero-order valence-corrected chi connectivity index (χ0v) is 15.2. The van der Waals surface area contributed by atoms with E-state index >= 15 is 0 Å². The molecule has 140 valence electrons. The van der Waals surface area contributed by atoms with E-state index in [-0.39, 0.29) is 6.54 Å². The first-order valence-electron chi connectivity index (χ1n) is 7.53. The van der Waals surface area contributed by atoms with Crippen molar-refractivity contribution in [1.82, 2.24) is 0 Å². The Morgan fingerprint density at radius 3 is 2.00 bits per heavy atom. The maximum Gasteiger partial charge on any atom is 0.303 e. The summed E-state index contributed by atoms with van der Waals surface area (Å²) in [6, 6.07) is 0. The van der Waals surface area contributed by atoms with Crippen LogP contribution in [-0.2, 0) is 38.1 Å². The Balaban J connectivity index is 3.18. The van der Waals surface area contributed by atoms with E-state index in [0.717, 1.165) is 0 Å². The van der Waals surface area contributed by atoms with E-state index in [1.165, 1.54) is 27.9 Å². The molecule has 1 aliphatic rings. The summed E-state index contributed by atoms with van der Waals surface area (Å²) in [5, 5.41) is 2.23. The minimum atomic E-state index is -1.10. The Bertz CT molecular complexity index is 548. The Kier molecular flexibility index (Phi) is 8.64. The second kappa shape index (κ2) is 10.2. The van der Waals surface area contributed by atoms with Crippen LogP contribution in [0.15, 0.2) is 4.99 Å². The van der Waals surface area contributed by atoms with Crippen LogP contribution in [0.5, 0.6) is 0 Å². The van der Waals surface area contributed by atoms with Gasteiger partial charge in [0.05, 0.1) is 11.7 Å². The minimum absolute atomic E-state index is 0.257. The number of carbonyl (C=O) groups is 3. The standard InChI is InChI=1S/C15H21NO8S/c1-8(17)21-12-11(5-6-16-7-25)24-15(20-4)14(23-10(3)19)13(12)22-9(2)18/h11-15H,5-6H2,1-4H3/t11-,12-,13+,14-,15+/m1/s1. The van der Waals surface area contributed by atoms with Crippen molar-refractivity contribution >= 4 is 35.3 Å². The second-order valence-corrected chi connectivity index (χ2v) is 5.45. The summed E-state index contributed by atoms with van der Waals surface area (Å²) in [6.07, 6.45) is -4.62. The quantitative estimate of drug-likeness (QED) is 0.274. The average molecular weight is 375 g/mol. The number of hydrogen-bond acceptors (Lipinski definition) is 10. The molecule has 0 amide bonds. The predicted octanol–water partition coefficient (Wildman–Crippen LogP) is 0.646. The van der Waals surface area contributed by atoms with Crippen molar-refractivity contribution in [1.29, 1.82) is 0 Å². The summed E-state index contributed by atoms with van der Waals surface area (Å²) >= 11 is 4.52. The van der Waals surface area contributed by atoms with E-state index < -0.39 is 48.6 Å². The largest absolute Gasteiger partial charge is 0.456 e. The summed E-state index contributed by atoms with van der Waals surface area (Å²) in [5.74, 6) is -1.86. The van der Waals surface area contributed by atoms with Crippen LogP contribution in [0.3, 0.4) is 0 Å². The molecule has 1 aliphatic heterocycles. The zero-order valence-electron chi connectivity index (χ0n) is 14.4. The first-order chi connectivity index (χ1) is 11.8. The van der Waals surface area contributed by atoms with Crippen LogP contribution in [0.25, 0.3) is 0 Å². The zero-order chi connectivity index (χ0) is 19.0. The van der Waals surface area contributed by atoms with E-state index in [1.54, 1.807) is 0 Å². The fraction of sp³-hybridized carbons (Fsp3) is 0.733. The topological polar surface area (TPSA) is 110 Å². The van der Waals surface area contributed by atoms with Gasteiger partial charge in [0.25, 0.3) is 0 Å². The van der Waals surface area contributed by atoms with E-state index in [9.17, 15) is 14.4 Å². The molecule has 1 fully saturated rings. The van der Waals surface area contributed by atoms with Gasteiger partial charge in [-0.25, -0.2) is 4.99 Å². The third kappa shape index (κ3) is 6.50. The highest BCUT2D eigenvalue weighted by Crippen LogP contribution is 2.30. The molecular formula is C15H21NO8S. The monoisotopic (exact) mass is 375 g/mol. The molecule has 0 spiro atoms. The second-order valence-electron chi connectivity index (χ2n) is 5.26. The van der Waals surface area contributed by atoms with Crippen LogP contribution >= 0.6 is 12.2 Å². The van der Waals surface area contributed by atoms with Crippen molar-refractivity contribution in [3.05, 3.63) is 0 Å². The van der Waals surface area contributed by atoms with Crippen molar-refractivity contribution < 1.29 is 38.1 Å². The molecule has 9 nitrogen and oxygen atoms in total. The molecule has 10 heteroatoms. The molecular weight excluding hydrogens is 354 g/mol. The highest BCUT2D eigenvalue weighted by Gasteiger charge is 2.51. The van der Waals surface area contributed by atoms with Gasteiger partial charge in [0.15, 0.2) is 24.6 Å². The number of carbonyl (C=O) groups excluding carboxylic acids is 3. The molecule has 0 aromatic rings. The molecule has 0 saturated carbocycles. The Morgan fingerprint density at radius 1 is 1.00 bits per heavy atom. The Hall–Kier alpha value is -1.87. The fourth-order valence-electron chi connectivity index (χ4n) is 2.51. The number of isothiocyanates is 1. The summed E-state index contributed by atoms with van der Waals surface area (Å²) in [4.78, 5) is 38.2. The first-order valence-corrected chi connectivity index (χ1v) is 7.94. The van der Waals surface area contributed by atoms with Gasteiger partial charge in [-0.05, 0) is 18.6 Å². The summed E-state index contributed by atoms with van der Waals surface area (Å²) < 4.78 is 26.7. The minimum Gasteiger partial charge on any atom is -0.456 e. The highest BCUT2D eigenvalue weighted by atomic mass is 32.1. The Morgan fingerprint density at radius 2 is 1.52 bits per heavy atom. The predicted molar refractivity (Wildman–Crippen MR) is 86.8 cm³/mol. The van der Waals surface area contributed by atoms with Gasteiger partial charge in [-0.15, -0.1) is 0 Å². The first kappa shape index (κ1) is 21.2. The van der Waals surface area contributed by atoms with Crippen molar-refractivity contribution in [2.75, 3.05) is 13.7 Å². The number of esters is 3. The van der Waals surface area contributed by atoms with Crippen LogP contribution in [0.4, 0.5) is 0 Å². The molecule has 0 radical (unpaired) electrons. The van der Waals surface area contributed by atoms with Gasteiger partial charge in [0.1, 0.15) is 6.10 Å². The van der Waals surface area contributed by atoms with Crippen LogP contribution in [0, 0.1) is 0 Å². The van der Waals surface area contributed by atoms with E-state index in [2.05, 4.69) is 22.4 Å². The SMILES string of the molecule is CO[C@H]1O[C@H](CCN=C=S)[C@@H](OC(C)=O)[C@H](OC(C)=O)[C@H]1OC(C)=O. The molecule has 1 rings (SSSR count).